The van der Waals surface area contributed by atoms with Gasteiger partial charge in [-0.25, -0.2) is 24.3 Å². The molecule has 0 amide bonds. The van der Waals surface area contributed by atoms with Gasteiger partial charge in [-0.05, 0) is 0 Å². The highest BCUT2D eigenvalue weighted by Gasteiger charge is 2.04. The number of anilines is 1. The predicted molar refractivity (Wildman–Crippen MR) is 63.4 cm³/mol. The van der Waals surface area contributed by atoms with Crippen molar-refractivity contribution in [1.29, 1.82) is 0 Å². The SMILES string of the molecule is Fc1c(Cl)ncnc1Cl.Nc1ncnc(Cl)c1F. The summed E-state index contributed by atoms with van der Waals surface area (Å²) >= 11 is 15.6. The predicted octanol–water partition coefficient (Wildman–Crippen LogP) is 2.77. The van der Waals surface area contributed by atoms with Gasteiger partial charge in [-0.2, -0.15) is 4.39 Å². The molecule has 2 rings (SSSR count). The Morgan fingerprint density at radius 3 is 1.50 bits per heavy atom. The van der Waals surface area contributed by atoms with Crippen LogP contribution in [-0.4, -0.2) is 19.9 Å². The van der Waals surface area contributed by atoms with Gasteiger partial charge in [0.1, 0.15) is 12.7 Å². The Kier molecular flexibility index (Phi) is 5.39. The van der Waals surface area contributed by atoms with E-state index in [1.807, 2.05) is 0 Å². The molecule has 96 valence electrons. The average molecular weight is 315 g/mol. The fraction of sp³-hybridized carbons (Fsp3) is 0. The maximum absolute atomic E-state index is 12.3. The quantitative estimate of drug-likeness (QED) is 0.757. The highest BCUT2D eigenvalue weighted by atomic mass is 35.5. The number of nitrogen functional groups attached to an aromatic ring is 1. The molecule has 10 heteroatoms. The topological polar surface area (TPSA) is 77.6 Å². The van der Waals surface area contributed by atoms with E-state index in [9.17, 15) is 8.78 Å². The van der Waals surface area contributed by atoms with Crippen LogP contribution in [0.1, 0.15) is 0 Å². The van der Waals surface area contributed by atoms with Gasteiger partial charge in [0, 0.05) is 0 Å². The van der Waals surface area contributed by atoms with Gasteiger partial charge >= 0.3 is 0 Å². The molecule has 0 bridgehead atoms. The summed E-state index contributed by atoms with van der Waals surface area (Å²) in [5.41, 5.74) is 5.01. The standard InChI is InChI=1S/C4HCl2FN2.C4H3ClFN3/c5-3-2(7)4(6)9-1-8-3;5-3-2(6)4(7)9-1-8-3/h1H;1H,(H2,7,8,9). The lowest BCUT2D eigenvalue weighted by Gasteiger charge is -1.92. The number of halogens is 5. The van der Waals surface area contributed by atoms with E-state index in [0.29, 0.717) is 0 Å². The molecule has 0 unspecified atom stereocenters. The van der Waals surface area contributed by atoms with Crippen LogP contribution >= 0.6 is 34.8 Å². The molecule has 0 fully saturated rings. The Balaban J connectivity index is 0.000000180. The second kappa shape index (κ2) is 6.58. The Labute approximate surface area is 115 Å². The molecule has 2 heterocycles. The molecule has 0 atom stereocenters. The third-order valence-corrected chi connectivity index (χ3v) is 2.27. The van der Waals surface area contributed by atoms with Gasteiger partial charge in [-0.1, -0.05) is 34.8 Å². The maximum atomic E-state index is 12.3. The zero-order valence-electron chi connectivity index (χ0n) is 8.41. The smallest absolute Gasteiger partial charge is 0.202 e. The second-order valence-electron chi connectivity index (χ2n) is 2.63. The van der Waals surface area contributed by atoms with E-state index in [-0.39, 0.29) is 21.3 Å². The molecular weight excluding hydrogens is 310 g/mol. The Morgan fingerprint density at radius 2 is 1.17 bits per heavy atom. The zero-order chi connectivity index (χ0) is 13.7. The lowest BCUT2D eigenvalue weighted by molar-refractivity contribution is 0.614. The minimum atomic E-state index is -0.777. The van der Waals surface area contributed by atoms with E-state index in [1.165, 1.54) is 0 Å². The van der Waals surface area contributed by atoms with Crippen LogP contribution in [-0.2, 0) is 0 Å². The first-order chi connectivity index (χ1) is 8.43. The van der Waals surface area contributed by atoms with Crippen LogP contribution in [0, 0.1) is 11.6 Å². The van der Waals surface area contributed by atoms with Crippen molar-refractivity contribution >= 4 is 40.6 Å². The van der Waals surface area contributed by atoms with E-state index < -0.39 is 11.6 Å². The van der Waals surface area contributed by atoms with Crippen molar-refractivity contribution in [2.75, 3.05) is 5.73 Å². The van der Waals surface area contributed by atoms with Gasteiger partial charge in [0.05, 0.1) is 0 Å². The lowest BCUT2D eigenvalue weighted by atomic mass is 10.6. The molecule has 5 nitrogen and oxygen atoms in total. The first kappa shape index (κ1) is 14.7. The van der Waals surface area contributed by atoms with Gasteiger partial charge in [0.25, 0.3) is 0 Å². The monoisotopic (exact) mass is 313 g/mol. The molecular formula is C8H4Cl3F2N5. The van der Waals surface area contributed by atoms with Crippen LogP contribution in [0.5, 0.6) is 0 Å². The van der Waals surface area contributed by atoms with Gasteiger partial charge < -0.3 is 5.73 Å². The number of hydrogen-bond donors (Lipinski definition) is 1. The number of rotatable bonds is 0. The first-order valence-electron chi connectivity index (χ1n) is 4.16. The van der Waals surface area contributed by atoms with Crippen LogP contribution in [0.4, 0.5) is 14.6 Å². The minimum absolute atomic E-state index is 0.227. The summed E-state index contributed by atoms with van der Waals surface area (Å²) in [6, 6.07) is 0. The van der Waals surface area contributed by atoms with Crippen molar-refractivity contribution < 1.29 is 8.78 Å². The molecule has 2 aromatic rings. The largest absolute Gasteiger partial charge is 0.381 e. The molecule has 0 aliphatic heterocycles. The van der Waals surface area contributed by atoms with Crippen LogP contribution in [0.15, 0.2) is 12.7 Å². The average Bonchev–Trinajstić information content (AvgIpc) is 2.34. The van der Waals surface area contributed by atoms with Crippen LogP contribution < -0.4 is 5.73 Å². The van der Waals surface area contributed by atoms with E-state index in [1.54, 1.807) is 0 Å². The summed E-state index contributed by atoms with van der Waals surface area (Å²) in [6.45, 7) is 0. The van der Waals surface area contributed by atoms with Crippen molar-refractivity contribution in [2.45, 2.75) is 0 Å². The Hall–Kier alpha value is -1.31. The number of nitrogens with zero attached hydrogens (tertiary/aromatic N) is 4. The highest BCUT2D eigenvalue weighted by molar-refractivity contribution is 6.33. The summed E-state index contributed by atoms with van der Waals surface area (Å²) in [5.74, 6) is -1.77. The Bertz CT molecular complexity index is 464. The first-order valence-corrected chi connectivity index (χ1v) is 5.29. The summed E-state index contributed by atoms with van der Waals surface area (Å²) in [4.78, 5) is 13.4. The second-order valence-corrected chi connectivity index (χ2v) is 3.71. The van der Waals surface area contributed by atoms with Crippen molar-refractivity contribution in [1.82, 2.24) is 19.9 Å². The number of hydrogen-bond acceptors (Lipinski definition) is 5. The molecule has 2 N–H and O–H groups in total. The molecule has 0 aliphatic carbocycles. The van der Waals surface area contributed by atoms with Gasteiger partial charge in [-0.3, -0.25) is 0 Å². The zero-order valence-corrected chi connectivity index (χ0v) is 10.7. The van der Waals surface area contributed by atoms with E-state index in [2.05, 4.69) is 19.9 Å². The molecule has 0 radical (unpaired) electrons. The number of nitrogens with two attached hydrogens (primary N) is 1. The molecule has 0 saturated carbocycles. The molecule has 18 heavy (non-hydrogen) atoms. The molecule has 0 aliphatic rings. The third kappa shape index (κ3) is 3.86. The van der Waals surface area contributed by atoms with E-state index in [4.69, 9.17) is 40.5 Å². The molecule has 0 spiro atoms. The summed E-state index contributed by atoms with van der Waals surface area (Å²) in [5, 5.41) is -0.757. The van der Waals surface area contributed by atoms with Gasteiger partial charge in [0.15, 0.2) is 27.1 Å². The van der Waals surface area contributed by atoms with Crippen molar-refractivity contribution in [3.63, 3.8) is 0 Å². The fourth-order valence-corrected chi connectivity index (χ4v) is 1.14. The minimum Gasteiger partial charge on any atom is -0.381 e. The molecule has 0 saturated heterocycles. The molecule has 2 aromatic heterocycles. The Morgan fingerprint density at radius 1 is 0.778 bits per heavy atom. The van der Waals surface area contributed by atoms with Crippen molar-refractivity contribution in [3.8, 4) is 0 Å². The summed E-state index contributed by atoms with van der Waals surface area (Å²) in [6.07, 6.45) is 2.19. The third-order valence-electron chi connectivity index (χ3n) is 1.48. The van der Waals surface area contributed by atoms with Crippen molar-refractivity contribution in [2.24, 2.45) is 0 Å². The summed E-state index contributed by atoms with van der Waals surface area (Å²) < 4.78 is 24.7. The maximum Gasteiger partial charge on any atom is 0.202 e. The number of aromatic nitrogens is 4. The normalized spacial score (nSPS) is 9.61. The highest BCUT2D eigenvalue weighted by Crippen LogP contribution is 2.16. The van der Waals surface area contributed by atoms with Crippen LogP contribution in [0.25, 0.3) is 0 Å². The van der Waals surface area contributed by atoms with Gasteiger partial charge in [-0.15, -0.1) is 0 Å². The van der Waals surface area contributed by atoms with E-state index in [0.717, 1.165) is 12.7 Å². The van der Waals surface area contributed by atoms with Crippen LogP contribution in [0.2, 0.25) is 15.5 Å². The van der Waals surface area contributed by atoms with E-state index >= 15 is 0 Å². The van der Waals surface area contributed by atoms with Crippen LogP contribution in [0.3, 0.4) is 0 Å². The summed E-state index contributed by atoms with van der Waals surface area (Å²) in [7, 11) is 0. The fourth-order valence-electron chi connectivity index (χ4n) is 0.689. The lowest BCUT2D eigenvalue weighted by Crippen LogP contribution is -1.96. The molecule has 0 aromatic carbocycles. The van der Waals surface area contributed by atoms with Crippen molar-refractivity contribution in [3.05, 3.63) is 39.7 Å². The van der Waals surface area contributed by atoms with Gasteiger partial charge in [0.2, 0.25) is 5.82 Å².